The molecule has 0 atom stereocenters. The van der Waals surface area contributed by atoms with E-state index < -0.39 is 0 Å². The first kappa shape index (κ1) is 13.8. The van der Waals surface area contributed by atoms with Gasteiger partial charge in [0, 0.05) is 13.1 Å². The highest BCUT2D eigenvalue weighted by Gasteiger charge is 2.15. The quantitative estimate of drug-likeness (QED) is 0.800. The SMILES string of the molecule is CNc1nc(NC2CCCCCC2)c(Cl)cc1Cl. The summed E-state index contributed by atoms with van der Waals surface area (Å²) in [6.07, 6.45) is 7.61. The molecule has 0 saturated heterocycles. The second-order valence-corrected chi connectivity index (χ2v) is 5.55. The van der Waals surface area contributed by atoms with Crippen LogP contribution >= 0.6 is 23.2 Å². The van der Waals surface area contributed by atoms with Crippen LogP contribution in [0.15, 0.2) is 6.07 Å². The summed E-state index contributed by atoms with van der Waals surface area (Å²) in [7, 11) is 1.80. The molecule has 18 heavy (non-hydrogen) atoms. The van der Waals surface area contributed by atoms with Crippen molar-refractivity contribution in [2.45, 2.75) is 44.6 Å². The van der Waals surface area contributed by atoms with Crippen LogP contribution in [0.4, 0.5) is 11.6 Å². The summed E-state index contributed by atoms with van der Waals surface area (Å²) in [5.41, 5.74) is 0. The summed E-state index contributed by atoms with van der Waals surface area (Å²) in [6.45, 7) is 0. The molecule has 2 N–H and O–H groups in total. The van der Waals surface area contributed by atoms with E-state index in [1.807, 2.05) is 0 Å². The molecule has 1 aliphatic rings. The molecule has 0 unspecified atom stereocenters. The van der Waals surface area contributed by atoms with Gasteiger partial charge in [0.25, 0.3) is 0 Å². The number of aromatic nitrogens is 1. The normalized spacial score (nSPS) is 17.3. The standard InChI is InChI=1S/C13H19Cl2N3/c1-16-12-10(14)8-11(15)13(18-12)17-9-6-4-2-3-5-7-9/h8-9H,2-7H2,1H3,(H2,16,17,18). The van der Waals surface area contributed by atoms with E-state index >= 15 is 0 Å². The summed E-state index contributed by atoms with van der Waals surface area (Å²) in [6, 6.07) is 2.21. The van der Waals surface area contributed by atoms with Crippen molar-refractivity contribution in [2.24, 2.45) is 0 Å². The molecule has 1 fully saturated rings. The van der Waals surface area contributed by atoms with Gasteiger partial charge in [-0.2, -0.15) is 0 Å². The van der Waals surface area contributed by atoms with Gasteiger partial charge in [0.05, 0.1) is 10.0 Å². The first-order chi connectivity index (χ1) is 8.70. The van der Waals surface area contributed by atoms with Crippen LogP contribution in [-0.4, -0.2) is 18.1 Å². The van der Waals surface area contributed by atoms with E-state index in [2.05, 4.69) is 15.6 Å². The van der Waals surface area contributed by atoms with Crippen LogP contribution in [0, 0.1) is 0 Å². The maximum atomic E-state index is 6.18. The Balaban J connectivity index is 2.12. The van der Waals surface area contributed by atoms with Crippen molar-refractivity contribution in [1.29, 1.82) is 0 Å². The van der Waals surface area contributed by atoms with Crippen molar-refractivity contribution in [3.8, 4) is 0 Å². The molecule has 3 nitrogen and oxygen atoms in total. The molecular formula is C13H19Cl2N3. The molecule has 1 aromatic heterocycles. The van der Waals surface area contributed by atoms with Gasteiger partial charge >= 0.3 is 0 Å². The number of hydrogen-bond acceptors (Lipinski definition) is 3. The Morgan fingerprint density at radius 2 is 1.67 bits per heavy atom. The van der Waals surface area contributed by atoms with Gasteiger partial charge < -0.3 is 10.6 Å². The number of nitrogens with zero attached hydrogens (tertiary/aromatic N) is 1. The third-order valence-electron chi connectivity index (χ3n) is 3.36. The Morgan fingerprint density at radius 3 is 2.28 bits per heavy atom. The van der Waals surface area contributed by atoms with Crippen molar-refractivity contribution in [3.05, 3.63) is 16.1 Å². The lowest BCUT2D eigenvalue weighted by atomic mass is 10.1. The molecule has 0 bridgehead atoms. The molecule has 0 aromatic carbocycles. The Morgan fingerprint density at radius 1 is 1.06 bits per heavy atom. The lowest BCUT2D eigenvalue weighted by molar-refractivity contribution is 0.618. The highest BCUT2D eigenvalue weighted by Crippen LogP contribution is 2.30. The van der Waals surface area contributed by atoms with Gasteiger partial charge in [-0.1, -0.05) is 48.9 Å². The van der Waals surface area contributed by atoms with E-state index in [1.54, 1.807) is 13.1 Å². The van der Waals surface area contributed by atoms with Crippen LogP contribution in [-0.2, 0) is 0 Å². The van der Waals surface area contributed by atoms with Crippen LogP contribution < -0.4 is 10.6 Å². The van der Waals surface area contributed by atoms with Crippen molar-refractivity contribution in [2.75, 3.05) is 17.7 Å². The van der Waals surface area contributed by atoms with Gasteiger partial charge in [-0.3, -0.25) is 0 Å². The van der Waals surface area contributed by atoms with Crippen LogP contribution in [0.25, 0.3) is 0 Å². The Hall–Kier alpha value is -0.670. The molecule has 1 heterocycles. The van der Waals surface area contributed by atoms with E-state index in [0.717, 1.165) is 5.82 Å². The molecule has 5 heteroatoms. The number of nitrogens with one attached hydrogen (secondary N) is 2. The van der Waals surface area contributed by atoms with Crippen molar-refractivity contribution in [1.82, 2.24) is 4.98 Å². The highest BCUT2D eigenvalue weighted by atomic mass is 35.5. The summed E-state index contributed by atoms with van der Waals surface area (Å²) in [4.78, 5) is 4.43. The predicted molar refractivity (Wildman–Crippen MR) is 78.9 cm³/mol. The maximum absolute atomic E-state index is 6.18. The molecule has 0 radical (unpaired) electrons. The molecule has 2 rings (SSSR count). The number of hydrogen-bond donors (Lipinski definition) is 2. The lowest BCUT2D eigenvalue weighted by Crippen LogP contribution is -2.19. The van der Waals surface area contributed by atoms with Gasteiger partial charge in [0.2, 0.25) is 0 Å². The van der Waals surface area contributed by atoms with Crippen LogP contribution in [0.1, 0.15) is 38.5 Å². The summed E-state index contributed by atoms with van der Waals surface area (Å²) in [5.74, 6) is 1.40. The van der Waals surface area contributed by atoms with Crippen molar-refractivity contribution in [3.63, 3.8) is 0 Å². The molecule has 1 saturated carbocycles. The molecular weight excluding hydrogens is 269 g/mol. The van der Waals surface area contributed by atoms with Crippen molar-refractivity contribution >= 4 is 34.8 Å². The smallest absolute Gasteiger partial charge is 0.147 e. The first-order valence-corrected chi connectivity index (χ1v) is 7.26. The summed E-state index contributed by atoms with van der Waals surface area (Å²) < 4.78 is 0. The minimum absolute atomic E-state index is 0.475. The Kier molecular flexibility index (Phi) is 4.95. The van der Waals surface area contributed by atoms with Crippen LogP contribution in [0.5, 0.6) is 0 Å². The van der Waals surface area contributed by atoms with E-state index in [0.29, 0.717) is 21.9 Å². The molecule has 0 aliphatic heterocycles. The second kappa shape index (κ2) is 6.48. The predicted octanol–water partition coefficient (Wildman–Crippen LogP) is 4.56. The molecule has 1 aliphatic carbocycles. The third kappa shape index (κ3) is 3.42. The zero-order valence-corrected chi connectivity index (χ0v) is 12.1. The first-order valence-electron chi connectivity index (χ1n) is 6.51. The Bertz CT molecular complexity index is 401. The van der Waals surface area contributed by atoms with E-state index in [4.69, 9.17) is 23.2 Å². The second-order valence-electron chi connectivity index (χ2n) is 4.73. The maximum Gasteiger partial charge on any atom is 0.147 e. The fraction of sp³-hybridized carbons (Fsp3) is 0.615. The lowest BCUT2D eigenvalue weighted by Gasteiger charge is -2.18. The minimum Gasteiger partial charge on any atom is -0.372 e. The van der Waals surface area contributed by atoms with Crippen LogP contribution in [0.2, 0.25) is 10.0 Å². The zero-order chi connectivity index (χ0) is 13.0. The van der Waals surface area contributed by atoms with Gasteiger partial charge in [-0.05, 0) is 18.9 Å². The monoisotopic (exact) mass is 287 g/mol. The van der Waals surface area contributed by atoms with Gasteiger partial charge in [-0.25, -0.2) is 4.98 Å². The molecule has 0 spiro atoms. The zero-order valence-electron chi connectivity index (χ0n) is 10.6. The highest BCUT2D eigenvalue weighted by molar-refractivity contribution is 6.37. The van der Waals surface area contributed by atoms with E-state index in [-0.39, 0.29) is 0 Å². The largest absolute Gasteiger partial charge is 0.372 e. The average Bonchev–Trinajstić information content (AvgIpc) is 2.61. The summed E-state index contributed by atoms with van der Waals surface area (Å²) in [5, 5.41) is 7.56. The number of rotatable bonds is 3. The van der Waals surface area contributed by atoms with E-state index in [1.165, 1.54) is 38.5 Å². The van der Waals surface area contributed by atoms with Gasteiger partial charge in [-0.15, -0.1) is 0 Å². The minimum atomic E-state index is 0.475. The number of halogens is 2. The molecule has 100 valence electrons. The van der Waals surface area contributed by atoms with Crippen LogP contribution in [0.3, 0.4) is 0 Å². The average molecular weight is 288 g/mol. The fourth-order valence-electron chi connectivity index (χ4n) is 2.36. The summed E-state index contributed by atoms with van der Waals surface area (Å²) >= 11 is 12.2. The van der Waals surface area contributed by atoms with Gasteiger partial charge in [0.15, 0.2) is 0 Å². The van der Waals surface area contributed by atoms with Gasteiger partial charge in [0.1, 0.15) is 11.6 Å². The fourth-order valence-corrected chi connectivity index (χ4v) is 2.87. The number of pyridine rings is 1. The van der Waals surface area contributed by atoms with Crippen molar-refractivity contribution < 1.29 is 0 Å². The molecule has 0 amide bonds. The topological polar surface area (TPSA) is 37.0 Å². The molecule has 1 aromatic rings. The van der Waals surface area contributed by atoms with E-state index in [9.17, 15) is 0 Å². The third-order valence-corrected chi connectivity index (χ3v) is 3.94. The Labute approximate surface area is 118 Å². The number of anilines is 2.